The highest BCUT2D eigenvalue weighted by Crippen LogP contribution is 2.37. The van der Waals surface area contributed by atoms with Gasteiger partial charge in [-0.25, -0.2) is 4.98 Å². The van der Waals surface area contributed by atoms with E-state index in [4.69, 9.17) is 14.9 Å². The third-order valence-electron chi connectivity index (χ3n) is 4.38. The normalized spacial score (nSPS) is 12.1. The van der Waals surface area contributed by atoms with Gasteiger partial charge in [-0.2, -0.15) is 4.98 Å². The number of anilines is 1. The van der Waals surface area contributed by atoms with Gasteiger partial charge in [0.2, 0.25) is 8.32 Å². The maximum atomic E-state index is 6.30. The fraction of sp³-hybridized carbons (Fsp3) is 0.444. The molecule has 1 aromatic carbocycles. The number of nitrogens with two attached hydrogens (primary N) is 1. The summed E-state index contributed by atoms with van der Waals surface area (Å²) < 4.78 is 11.7. The summed E-state index contributed by atoms with van der Waals surface area (Å²) in [7, 11) is -1.84. The van der Waals surface area contributed by atoms with Gasteiger partial charge in [0, 0.05) is 5.56 Å². The summed E-state index contributed by atoms with van der Waals surface area (Å²) in [6, 6.07) is 8.21. The summed E-state index contributed by atoms with van der Waals surface area (Å²) in [5, 5.41) is 0.162. The lowest BCUT2D eigenvalue weighted by Crippen LogP contribution is -2.43. The second kappa shape index (κ2) is 6.81. The molecule has 2 aromatic rings. The number of rotatable bonds is 5. The molecule has 24 heavy (non-hydrogen) atoms. The minimum atomic E-state index is -1.84. The molecule has 0 radical (unpaired) electrons. The average molecular weight is 346 g/mol. The molecule has 130 valence electrons. The fourth-order valence-corrected chi connectivity index (χ4v) is 2.96. The van der Waals surface area contributed by atoms with Crippen molar-refractivity contribution in [1.29, 1.82) is 0 Å². The van der Waals surface area contributed by atoms with Gasteiger partial charge in [-0.3, -0.25) is 0 Å². The maximum absolute atomic E-state index is 6.30. The molecule has 0 unspecified atom stereocenters. The zero-order valence-electron chi connectivity index (χ0n) is 15.4. The van der Waals surface area contributed by atoms with Crippen LogP contribution in [0.15, 0.2) is 30.5 Å². The summed E-state index contributed by atoms with van der Waals surface area (Å²) in [6.45, 7) is 13.6. The van der Waals surface area contributed by atoms with Gasteiger partial charge in [0.1, 0.15) is 11.4 Å². The van der Waals surface area contributed by atoms with Crippen molar-refractivity contribution in [2.24, 2.45) is 0 Å². The predicted octanol–water partition coefficient (Wildman–Crippen LogP) is 4.51. The summed E-state index contributed by atoms with van der Waals surface area (Å²) >= 11 is 0. The lowest BCUT2D eigenvalue weighted by atomic mass is 10.1. The van der Waals surface area contributed by atoms with Crippen LogP contribution in [0.3, 0.4) is 0 Å². The number of aromatic nitrogens is 2. The minimum Gasteiger partial charge on any atom is -0.544 e. The molecule has 0 saturated carbocycles. The molecule has 2 rings (SSSR count). The molecule has 2 N–H and O–H groups in total. The molecule has 0 fully saturated rings. The molecule has 0 atom stereocenters. The average Bonchev–Trinajstić information content (AvgIpc) is 2.49. The highest BCUT2D eigenvalue weighted by Gasteiger charge is 2.38. The Kier molecular flexibility index (Phi) is 5.18. The van der Waals surface area contributed by atoms with Gasteiger partial charge in [-0.1, -0.05) is 20.8 Å². The Morgan fingerprint density at radius 3 is 2.29 bits per heavy atom. The van der Waals surface area contributed by atoms with Crippen molar-refractivity contribution in [2.45, 2.75) is 45.8 Å². The van der Waals surface area contributed by atoms with Gasteiger partial charge in [-0.05, 0) is 49.3 Å². The molecule has 1 aromatic heterocycles. The fourth-order valence-electron chi connectivity index (χ4n) is 1.93. The standard InChI is InChI=1S/C18H27N3O2Si/c1-7-22-17-20-12-15(19)16(21-17)13-8-10-14(11-9-13)23-24(5,6)18(2,3)4/h8-12H,7,19H2,1-6H3. The first-order valence-corrected chi connectivity index (χ1v) is 11.1. The van der Waals surface area contributed by atoms with Gasteiger partial charge in [0.05, 0.1) is 18.5 Å². The second-order valence-corrected chi connectivity index (χ2v) is 12.0. The van der Waals surface area contributed by atoms with E-state index in [-0.39, 0.29) is 5.04 Å². The van der Waals surface area contributed by atoms with Crippen LogP contribution in [0, 0.1) is 0 Å². The first kappa shape index (κ1) is 18.3. The van der Waals surface area contributed by atoms with E-state index in [2.05, 4.69) is 43.8 Å². The molecule has 5 nitrogen and oxygen atoms in total. The van der Waals surface area contributed by atoms with Crippen LogP contribution in [0.4, 0.5) is 5.69 Å². The summed E-state index contributed by atoms with van der Waals surface area (Å²) in [5.41, 5.74) is 8.12. The highest BCUT2D eigenvalue weighted by atomic mass is 28.4. The van der Waals surface area contributed by atoms with E-state index in [0.717, 1.165) is 11.3 Å². The summed E-state index contributed by atoms with van der Waals surface area (Å²) in [4.78, 5) is 8.46. The van der Waals surface area contributed by atoms with Gasteiger partial charge < -0.3 is 14.9 Å². The first-order chi connectivity index (χ1) is 11.1. The quantitative estimate of drug-likeness (QED) is 0.807. The van der Waals surface area contributed by atoms with Crippen molar-refractivity contribution in [1.82, 2.24) is 9.97 Å². The lowest BCUT2D eigenvalue weighted by molar-refractivity contribution is 0.313. The Morgan fingerprint density at radius 1 is 1.12 bits per heavy atom. The van der Waals surface area contributed by atoms with E-state index in [1.807, 2.05) is 31.2 Å². The van der Waals surface area contributed by atoms with Crippen LogP contribution in [-0.2, 0) is 0 Å². The van der Waals surface area contributed by atoms with Crippen LogP contribution in [0.5, 0.6) is 11.8 Å². The molecule has 6 heteroatoms. The molecule has 0 aliphatic heterocycles. The smallest absolute Gasteiger partial charge is 0.317 e. The van der Waals surface area contributed by atoms with Gasteiger partial charge in [0.15, 0.2) is 0 Å². The van der Waals surface area contributed by atoms with Gasteiger partial charge in [0.25, 0.3) is 0 Å². The summed E-state index contributed by atoms with van der Waals surface area (Å²) in [5.74, 6) is 0.878. The molecule has 0 saturated heterocycles. The van der Waals surface area contributed by atoms with Crippen LogP contribution in [0.2, 0.25) is 18.1 Å². The van der Waals surface area contributed by atoms with E-state index < -0.39 is 8.32 Å². The van der Waals surface area contributed by atoms with Crippen LogP contribution < -0.4 is 14.9 Å². The number of hydrogen-bond acceptors (Lipinski definition) is 5. The van der Waals surface area contributed by atoms with Crippen LogP contribution in [-0.4, -0.2) is 24.9 Å². The predicted molar refractivity (Wildman–Crippen MR) is 101 cm³/mol. The number of nitrogens with zero attached hydrogens (tertiary/aromatic N) is 2. The zero-order valence-corrected chi connectivity index (χ0v) is 16.4. The van der Waals surface area contributed by atoms with Crippen LogP contribution in [0.25, 0.3) is 11.3 Å². The van der Waals surface area contributed by atoms with Crippen molar-refractivity contribution in [3.05, 3.63) is 30.5 Å². The first-order valence-electron chi connectivity index (χ1n) is 8.19. The Morgan fingerprint density at radius 2 is 1.75 bits per heavy atom. The maximum Gasteiger partial charge on any atom is 0.317 e. The lowest BCUT2D eigenvalue weighted by Gasteiger charge is -2.36. The Hall–Kier alpha value is -2.08. The molecule has 1 heterocycles. The van der Waals surface area contributed by atoms with Crippen molar-refractivity contribution >= 4 is 14.0 Å². The SMILES string of the molecule is CCOc1ncc(N)c(-c2ccc(O[Si](C)(C)C(C)(C)C)cc2)n1. The van der Waals surface area contributed by atoms with Gasteiger partial charge in [-0.15, -0.1) is 0 Å². The van der Waals surface area contributed by atoms with Gasteiger partial charge >= 0.3 is 6.01 Å². The van der Waals surface area contributed by atoms with E-state index in [1.165, 1.54) is 0 Å². The van der Waals surface area contributed by atoms with E-state index in [9.17, 15) is 0 Å². The van der Waals surface area contributed by atoms with Crippen LogP contribution in [0.1, 0.15) is 27.7 Å². The zero-order chi connectivity index (χ0) is 18.0. The molecule has 0 aliphatic carbocycles. The Bertz CT molecular complexity index is 694. The molecular weight excluding hydrogens is 318 g/mol. The minimum absolute atomic E-state index is 0.162. The monoisotopic (exact) mass is 345 g/mol. The van der Waals surface area contributed by atoms with E-state index >= 15 is 0 Å². The number of hydrogen-bond donors (Lipinski definition) is 1. The van der Waals surface area contributed by atoms with E-state index in [1.54, 1.807) is 6.20 Å². The van der Waals surface area contributed by atoms with Crippen molar-refractivity contribution in [3.63, 3.8) is 0 Å². The molecular formula is C18H27N3O2Si. The van der Waals surface area contributed by atoms with Crippen molar-refractivity contribution < 1.29 is 9.16 Å². The highest BCUT2D eigenvalue weighted by molar-refractivity contribution is 6.74. The molecule has 0 amide bonds. The number of benzene rings is 1. The number of nitrogen functional groups attached to an aromatic ring is 1. The molecule has 0 spiro atoms. The number of ether oxygens (including phenoxy) is 1. The third-order valence-corrected chi connectivity index (χ3v) is 8.73. The van der Waals surface area contributed by atoms with Crippen LogP contribution >= 0.6 is 0 Å². The molecule has 0 aliphatic rings. The Labute approximate surface area is 145 Å². The third kappa shape index (κ3) is 4.06. The van der Waals surface area contributed by atoms with E-state index in [0.29, 0.717) is 24.0 Å². The summed E-state index contributed by atoms with van der Waals surface area (Å²) in [6.07, 6.45) is 1.58. The van der Waals surface area contributed by atoms with Crippen molar-refractivity contribution in [3.8, 4) is 23.0 Å². The molecule has 0 bridgehead atoms. The Balaban J connectivity index is 2.25. The van der Waals surface area contributed by atoms with Crippen molar-refractivity contribution in [2.75, 3.05) is 12.3 Å². The second-order valence-electron chi connectivity index (χ2n) is 7.28. The topological polar surface area (TPSA) is 70.3 Å². The largest absolute Gasteiger partial charge is 0.544 e.